The number of fused-ring (bicyclic) bond motifs is 1. The number of nitrogens with zero attached hydrogens (tertiary/aromatic N) is 5. The summed E-state index contributed by atoms with van der Waals surface area (Å²) in [6, 6.07) is 2.06. The number of carbonyl (C=O) groups excluding carboxylic acids is 1. The molecule has 0 unspecified atom stereocenters. The molecule has 0 radical (unpaired) electrons. The predicted molar refractivity (Wildman–Crippen MR) is 152 cm³/mol. The van der Waals surface area contributed by atoms with Gasteiger partial charge in [-0.05, 0) is 39.7 Å². The van der Waals surface area contributed by atoms with Crippen molar-refractivity contribution in [3.05, 3.63) is 27.7 Å². The van der Waals surface area contributed by atoms with E-state index in [9.17, 15) is 19.5 Å². The van der Waals surface area contributed by atoms with Crippen LogP contribution in [0.1, 0.15) is 65.6 Å². The Morgan fingerprint density at radius 3 is 2.38 bits per heavy atom. The van der Waals surface area contributed by atoms with Gasteiger partial charge >= 0.3 is 6.09 Å². The van der Waals surface area contributed by atoms with E-state index in [1.807, 2.05) is 24.9 Å². The minimum absolute atomic E-state index is 0.00837. The minimum Gasteiger partial charge on any atom is -0.465 e. The lowest BCUT2D eigenvalue weighted by Gasteiger charge is -2.48. The number of aromatic nitrogens is 1. The lowest BCUT2D eigenvalue weighted by Crippen LogP contribution is -2.64. The standard InChI is InChI=1S/C29H47N5O5/c1-8-9-10-22-11-24-26(30(7)27(22)36)29(5,6)18-34(24)25(35)15-31-12-19(2)33(28(37)38)14-23(31)13-32-20(3)16-39-17-21(32)4/h11,19-21,23H,8-10,12-18H2,1-7H3,(H,37,38)/t19-,20-,21-,23+/m1/s1. The van der Waals surface area contributed by atoms with E-state index in [-0.39, 0.29) is 47.6 Å². The molecule has 4 heterocycles. The number of anilines is 1. The third-order valence-corrected chi connectivity index (χ3v) is 8.86. The molecule has 4 rings (SSSR count). The van der Waals surface area contributed by atoms with Crippen molar-refractivity contribution in [3.63, 3.8) is 0 Å². The molecule has 3 aliphatic rings. The number of amides is 2. The van der Waals surface area contributed by atoms with Gasteiger partial charge in [-0.3, -0.25) is 19.4 Å². The third kappa shape index (κ3) is 5.88. The summed E-state index contributed by atoms with van der Waals surface area (Å²) in [5.74, 6) is -0.00837. The SMILES string of the molecule is CCCCc1cc2c(n(C)c1=O)C(C)(C)CN2C(=O)CN1C[C@@H](C)N(C(=O)O)C[C@@H]1CN1[C@H](C)COC[C@H]1C. The molecule has 39 heavy (non-hydrogen) atoms. The number of ether oxygens (including phenoxy) is 1. The number of rotatable bonds is 7. The number of aryl methyl sites for hydroxylation is 1. The van der Waals surface area contributed by atoms with Gasteiger partial charge in [-0.2, -0.15) is 0 Å². The Kier molecular flexibility index (Phi) is 8.78. The van der Waals surface area contributed by atoms with Gasteiger partial charge in [0.15, 0.2) is 0 Å². The predicted octanol–water partition coefficient (Wildman–Crippen LogP) is 2.51. The molecule has 0 saturated carbocycles. The summed E-state index contributed by atoms with van der Waals surface area (Å²) in [4.78, 5) is 47.0. The molecule has 10 nitrogen and oxygen atoms in total. The van der Waals surface area contributed by atoms with E-state index < -0.39 is 6.09 Å². The number of hydrogen-bond donors (Lipinski definition) is 1. The monoisotopic (exact) mass is 545 g/mol. The summed E-state index contributed by atoms with van der Waals surface area (Å²) in [6.07, 6.45) is 1.71. The van der Waals surface area contributed by atoms with Gasteiger partial charge in [-0.1, -0.05) is 27.2 Å². The summed E-state index contributed by atoms with van der Waals surface area (Å²) in [7, 11) is 1.82. The minimum atomic E-state index is -0.919. The molecule has 2 fully saturated rings. The van der Waals surface area contributed by atoms with Crippen molar-refractivity contribution in [1.29, 1.82) is 0 Å². The number of hydrogen-bond acceptors (Lipinski definition) is 6. The van der Waals surface area contributed by atoms with Gasteiger partial charge in [0.2, 0.25) is 5.91 Å². The molecule has 2 saturated heterocycles. The van der Waals surface area contributed by atoms with Crippen LogP contribution in [-0.4, -0.2) is 106 Å². The van der Waals surface area contributed by atoms with Crippen LogP contribution in [0.15, 0.2) is 10.9 Å². The zero-order valence-corrected chi connectivity index (χ0v) is 24.8. The van der Waals surface area contributed by atoms with Gasteiger partial charge in [-0.25, -0.2) is 4.79 Å². The van der Waals surface area contributed by atoms with Crippen LogP contribution in [0.25, 0.3) is 0 Å². The smallest absolute Gasteiger partial charge is 0.407 e. The van der Waals surface area contributed by atoms with Crippen molar-refractivity contribution in [2.75, 3.05) is 50.8 Å². The Labute approximate surface area is 232 Å². The van der Waals surface area contributed by atoms with Crippen molar-refractivity contribution in [2.45, 2.75) is 90.4 Å². The molecule has 1 aromatic rings. The van der Waals surface area contributed by atoms with Crippen LogP contribution in [0.5, 0.6) is 0 Å². The Balaban J connectivity index is 1.61. The number of carbonyl (C=O) groups is 2. The van der Waals surface area contributed by atoms with Crippen LogP contribution < -0.4 is 10.5 Å². The van der Waals surface area contributed by atoms with Gasteiger partial charge in [0.1, 0.15) is 0 Å². The molecule has 1 aromatic heterocycles. The molecular weight excluding hydrogens is 498 g/mol. The summed E-state index contributed by atoms with van der Waals surface area (Å²) >= 11 is 0. The highest BCUT2D eigenvalue weighted by molar-refractivity contribution is 5.97. The first-order chi connectivity index (χ1) is 18.4. The second-order valence-electron chi connectivity index (χ2n) is 12.5. The molecule has 0 bridgehead atoms. The molecule has 0 aliphatic carbocycles. The van der Waals surface area contributed by atoms with Crippen molar-refractivity contribution in [3.8, 4) is 0 Å². The first kappa shape index (κ1) is 29.6. The largest absolute Gasteiger partial charge is 0.465 e. The van der Waals surface area contributed by atoms with Crippen molar-refractivity contribution in [2.24, 2.45) is 7.05 Å². The number of morpholine rings is 1. The van der Waals surface area contributed by atoms with Gasteiger partial charge in [-0.15, -0.1) is 0 Å². The highest BCUT2D eigenvalue weighted by atomic mass is 16.5. The van der Waals surface area contributed by atoms with Crippen molar-refractivity contribution >= 4 is 17.7 Å². The van der Waals surface area contributed by atoms with Gasteiger partial charge in [0.25, 0.3) is 5.56 Å². The van der Waals surface area contributed by atoms with E-state index in [1.165, 1.54) is 4.90 Å². The molecule has 10 heteroatoms. The van der Waals surface area contributed by atoms with E-state index in [0.717, 1.165) is 29.8 Å². The van der Waals surface area contributed by atoms with Crippen LogP contribution in [0.3, 0.4) is 0 Å². The maximum absolute atomic E-state index is 14.0. The van der Waals surface area contributed by atoms with Crippen molar-refractivity contribution < 1.29 is 19.4 Å². The zero-order chi connectivity index (χ0) is 28.6. The maximum Gasteiger partial charge on any atom is 0.407 e. The van der Waals surface area contributed by atoms with Crippen LogP contribution in [0, 0.1) is 0 Å². The molecular formula is C29H47N5O5. The first-order valence-electron chi connectivity index (χ1n) is 14.5. The maximum atomic E-state index is 14.0. The fourth-order valence-electron chi connectivity index (χ4n) is 6.75. The summed E-state index contributed by atoms with van der Waals surface area (Å²) < 4.78 is 7.45. The highest BCUT2D eigenvalue weighted by Gasteiger charge is 2.43. The lowest BCUT2D eigenvalue weighted by molar-refractivity contribution is -0.122. The van der Waals surface area contributed by atoms with Crippen molar-refractivity contribution in [1.82, 2.24) is 19.3 Å². The van der Waals surface area contributed by atoms with E-state index in [1.54, 1.807) is 4.57 Å². The number of carboxylic acid groups (broad SMARTS) is 1. The van der Waals surface area contributed by atoms with E-state index in [4.69, 9.17) is 4.74 Å². The Bertz CT molecular complexity index is 1120. The highest BCUT2D eigenvalue weighted by Crippen LogP contribution is 2.40. The third-order valence-electron chi connectivity index (χ3n) is 8.86. The van der Waals surface area contributed by atoms with Crippen LogP contribution in [-0.2, 0) is 28.4 Å². The average Bonchev–Trinajstić information content (AvgIpc) is 3.14. The Morgan fingerprint density at radius 1 is 1.10 bits per heavy atom. The van der Waals surface area contributed by atoms with Crippen LogP contribution >= 0.6 is 0 Å². The molecule has 2 amide bonds. The molecule has 3 aliphatic heterocycles. The second-order valence-corrected chi connectivity index (χ2v) is 12.5. The molecule has 4 atom stereocenters. The Hall–Kier alpha value is -2.43. The lowest BCUT2D eigenvalue weighted by atomic mass is 9.90. The quantitative estimate of drug-likeness (QED) is 0.562. The van der Waals surface area contributed by atoms with Gasteiger partial charge in [0, 0.05) is 68.4 Å². The molecule has 1 N–H and O–H groups in total. The molecule has 0 aromatic carbocycles. The number of piperazine rings is 1. The normalized spacial score (nSPS) is 27.6. The summed E-state index contributed by atoms with van der Waals surface area (Å²) in [6.45, 7) is 16.0. The second kappa shape index (κ2) is 11.6. The Morgan fingerprint density at radius 2 is 1.77 bits per heavy atom. The van der Waals surface area contributed by atoms with E-state index >= 15 is 0 Å². The fraction of sp³-hybridized carbons (Fsp3) is 0.759. The average molecular weight is 546 g/mol. The first-order valence-corrected chi connectivity index (χ1v) is 14.5. The summed E-state index contributed by atoms with van der Waals surface area (Å²) in [5, 5.41) is 9.85. The number of pyridine rings is 1. The fourth-order valence-corrected chi connectivity index (χ4v) is 6.75. The van der Waals surface area contributed by atoms with Gasteiger partial charge in [0.05, 0.1) is 31.1 Å². The van der Waals surface area contributed by atoms with E-state index in [0.29, 0.717) is 45.8 Å². The topological polar surface area (TPSA) is 98.6 Å². The molecule has 0 spiro atoms. The van der Waals surface area contributed by atoms with Gasteiger partial charge < -0.3 is 24.2 Å². The molecule has 218 valence electrons. The van der Waals surface area contributed by atoms with Crippen LogP contribution in [0.4, 0.5) is 10.5 Å². The zero-order valence-electron chi connectivity index (χ0n) is 24.8. The van der Waals surface area contributed by atoms with E-state index in [2.05, 4.69) is 44.4 Å². The van der Waals surface area contributed by atoms with Crippen LogP contribution in [0.2, 0.25) is 0 Å². The number of unbranched alkanes of at least 4 members (excludes halogenated alkanes) is 1. The summed E-state index contributed by atoms with van der Waals surface area (Å²) in [5.41, 5.74) is 2.16.